The number of hydrogen-bond donors (Lipinski definition) is 2. The third kappa shape index (κ3) is 3.56. The number of aromatic nitrogens is 2. The minimum Gasteiger partial charge on any atom is -0.477 e. The van der Waals surface area contributed by atoms with Gasteiger partial charge < -0.3 is 9.84 Å². The smallest absolute Gasteiger partial charge is 0.342 e. The van der Waals surface area contributed by atoms with Crippen LogP contribution in [0.5, 0.6) is 0 Å². The van der Waals surface area contributed by atoms with Crippen LogP contribution in [0.2, 0.25) is 0 Å². The molecule has 1 heterocycles. The van der Waals surface area contributed by atoms with E-state index in [1.165, 1.54) is 0 Å². The second-order valence-electron chi connectivity index (χ2n) is 3.35. The Balaban J connectivity index is 2.85. The SMILES string of the molecule is CCOCCCn1cc(C(=O)O)c(=O)[nH]c1=O. The van der Waals surface area contributed by atoms with Crippen LogP contribution >= 0.6 is 0 Å². The minimum absolute atomic E-state index is 0.301. The topological polar surface area (TPSA) is 101 Å². The van der Waals surface area contributed by atoms with Gasteiger partial charge in [0.15, 0.2) is 0 Å². The largest absolute Gasteiger partial charge is 0.477 e. The second-order valence-corrected chi connectivity index (χ2v) is 3.35. The minimum atomic E-state index is -1.36. The zero-order valence-corrected chi connectivity index (χ0v) is 9.43. The van der Waals surface area contributed by atoms with Crippen LogP contribution in [0, 0.1) is 0 Å². The van der Waals surface area contributed by atoms with E-state index in [9.17, 15) is 14.4 Å². The van der Waals surface area contributed by atoms with Gasteiger partial charge in [-0.05, 0) is 13.3 Å². The van der Waals surface area contributed by atoms with Crippen molar-refractivity contribution in [1.82, 2.24) is 9.55 Å². The summed E-state index contributed by atoms with van der Waals surface area (Å²) in [4.78, 5) is 35.1. The van der Waals surface area contributed by atoms with E-state index in [-0.39, 0.29) is 0 Å². The highest BCUT2D eigenvalue weighted by atomic mass is 16.5. The Kier molecular flexibility index (Phi) is 4.65. The Labute approximate surface area is 96.7 Å². The first-order valence-electron chi connectivity index (χ1n) is 5.21. The summed E-state index contributed by atoms with van der Waals surface area (Å²) >= 11 is 0. The molecule has 7 nitrogen and oxygen atoms in total. The fourth-order valence-electron chi connectivity index (χ4n) is 1.31. The number of rotatable bonds is 6. The van der Waals surface area contributed by atoms with Crippen LogP contribution in [0.1, 0.15) is 23.7 Å². The van der Waals surface area contributed by atoms with Crippen molar-refractivity contribution in [3.8, 4) is 0 Å². The highest BCUT2D eigenvalue weighted by Gasteiger charge is 2.10. The molecule has 0 saturated carbocycles. The normalized spacial score (nSPS) is 10.4. The number of hydrogen-bond acceptors (Lipinski definition) is 4. The lowest BCUT2D eigenvalue weighted by Crippen LogP contribution is -2.33. The van der Waals surface area contributed by atoms with Crippen LogP contribution in [0.3, 0.4) is 0 Å². The molecule has 2 N–H and O–H groups in total. The molecule has 1 aromatic heterocycles. The van der Waals surface area contributed by atoms with Crippen LogP contribution in [0.4, 0.5) is 0 Å². The molecule has 0 amide bonds. The highest BCUT2D eigenvalue weighted by molar-refractivity contribution is 5.86. The summed E-state index contributed by atoms with van der Waals surface area (Å²) in [6, 6.07) is 0. The third-order valence-corrected chi connectivity index (χ3v) is 2.13. The first-order valence-corrected chi connectivity index (χ1v) is 5.21. The number of carbonyl (C=O) groups is 1. The first-order chi connectivity index (χ1) is 8.06. The molecule has 94 valence electrons. The molecule has 17 heavy (non-hydrogen) atoms. The molecule has 0 saturated heterocycles. The molecule has 1 aromatic rings. The van der Waals surface area contributed by atoms with Crippen molar-refractivity contribution in [2.45, 2.75) is 19.9 Å². The summed E-state index contributed by atoms with van der Waals surface area (Å²) in [5, 5.41) is 8.73. The van der Waals surface area contributed by atoms with Crippen LogP contribution in [-0.2, 0) is 11.3 Å². The predicted molar refractivity (Wildman–Crippen MR) is 59.4 cm³/mol. The maximum Gasteiger partial charge on any atom is 0.342 e. The molecule has 7 heteroatoms. The van der Waals surface area contributed by atoms with Crippen LogP contribution in [0.25, 0.3) is 0 Å². The summed E-state index contributed by atoms with van der Waals surface area (Å²) in [6.45, 7) is 3.22. The van der Waals surface area contributed by atoms with Crippen LogP contribution < -0.4 is 11.2 Å². The molecule has 0 aliphatic carbocycles. The maximum absolute atomic E-state index is 11.4. The van der Waals surface area contributed by atoms with Crippen molar-refractivity contribution in [1.29, 1.82) is 0 Å². The Bertz CT molecular complexity index is 502. The standard InChI is InChI=1S/C10H14N2O5/c1-2-17-5-3-4-12-6-7(9(14)15)8(13)11-10(12)16/h6H,2-5H2,1H3,(H,14,15)(H,11,13,16). The highest BCUT2D eigenvalue weighted by Crippen LogP contribution is 1.91. The average Bonchev–Trinajstić information content (AvgIpc) is 2.26. The number of aromatic amines is 1. The van der Waals surface area contributed by atoms with Gasteiger partial charge >= 0.3 is 11.7 Å². The fourth-order valence-corrected chi connectivity index (χ4v) is 1.31. The van der Waals surface area contributed by atoms with E-state index in [1.54, 1.807) is 0 Å². The molecule has 0 fully saturated rings. The average molecular weight is 242 g/mol. The number of ether oxygens (including phenoxy) is 1. The quantitative estimate of drug-likeness (QED) is 0.664. The lowest BCUT2D eigenvalue weighted by atomic mass is 10.3. The van der Waals surface area contributed by atoms with E-state index in [2.05, 4.69) is 0 Å². The lowest BCUT2D eigenvalue weighted by Gasteiger charge is -2.05. The van der Waals surface area contributed by atoms with Crippen molar-refractivity contribution in [2.24, 2.45) is 0 Å². The van der Waals surface area contributed by atoms with E-state index in [0.717, 1.165) is 10.8 Å². The monoisotopic (exact) mass is 242 g/mol. The Morgan fingerprint density at radius 2 is 2.24 bits per heavy atom. The summed E-state index contributed by atoms with van der Waals surface area (Å²) in [5.41, 5.74) is -1.94. The molecule has 0 radical (unpaired) electrons. The molecular formula is C10H14N2O5. The second kappa shape index (κ2) is 6.00. The Hall–Kier alpha value is -1.89. The first kappa shape index (κ1) is 13.2. The molecular weight excluding hydrogens is 228 g/mol. The van der Waals surface area contributed by atoms with Gasteiger partial charge in [0.1, 0.15) is 5.56 Å². The van der Waals surface area contributed by atoms with E-state index < -0.39 is 22.8 Å². The van der Waals surface area contributed by atoms with E-state index in [0.29, 0.717) is 26.2 Å². The van der Waals surface area contributed by atoms with Gasteiger partial charge in [-0.15, -0.1) is 0 Å². The predicted octanol–water partition coefficient (Wildman–Crippen LogP) is -0.339. The van der Waals surface area contributed by atoms with Crippen LogP contribution in [0.15, 0.2) is 15.8 Å². The van der Waals surface area contributed by atoms with Gasteiger partial charge in [-0.25, -0.2) is 9.59 Å². The molecule has 1 rings (SSSR count). The van der Waals surface area contributed by atoms with Crippen molar-refractivity contribution in [3.63, 3.8) is 0 Å². The number of nitrogens with one attached hydrogen (secondary N) is 1. The third-order valence-electron chi connectivity index (χ3n) is 2.13. The molecule has 0 unspecified atom stereocenters. The Morgan fingerprint density at radius 1 is 1.53 bits per heavy atom. The molecule has 0 atom stereocenters. The molecule has 0 spiro atoms. The van der Waals surface area contributed by atoms with Gasteiger partial charge in [0.25, 0.3) is 5.56 Å². The van der Waals surface area contributed by atoms with E-state index >= 15 is 0 Å². The molecule has 0 aliphatic heterocycles. The van der Waals surface area contributed by atoms with Crippen molar-refractivity contribution < 1.29 is 14.6 Å². The lowest BCUT2D eigenvalue weighted by molar-refractivity contribution is 0.0693. The van der Waals surface area contributed by atoms with E-state index in [4.69, 9.17) is 9.84 Å². The van der Waals surface area contributed by atoms with Gasteiger partial charge in [0.05, 0.1) is 0 Å². The van der Waals surface area contributed by atoms with Crippen molar-refractivity contribution >= 4 is 5.97 Å². The number of nitrogens with zero attached hydrogens (tertiary/aromatic N) is 1. The maximum atomic E-state index is 11.4. The van der Waals surface area contributed by atoms with Gasteiger partial charge in [0.2, 0.25) is 0 Å². The zero-order chi connectivity index (χ0) is 12.8. The van der Waals surface area contributed by atoms with Crippen molar-refractivity contribution in [3.05, 3.63) is 32.6 Å². The van der Waals surface area contributed by atoms with Crippen LogP contribution in [-0.4, -0.2) is 33.8 Å². The number of carboxylic acids is 1. The number of aryl methyl sites for hydroxylation is 1. The number of H-pyrrole nitrogens is 1. The molecule has 0 aromatic carbocycles. The molecule has 0 bridgehead atoms. The number of aromatic carboxylic acids is 1. The zero-order valence-electron chi connectivity index (χ0n) is 9.43. The van der Waals surface area contributed by atoms with Crippen molar-refractivity contribution in [2.75, 3.05) is 13.2 Å². The Morgan fingerprint density at radius 3 is 2.82 bits per heavy atom. The van der Waals surface area contributed by atoms with Gasteiger partial charge in [-0.3, -0.25) is 14.3 Å². The number of carboxylic acid groups (broad SMARTS) is 1. The molecule has 0 aliphatic rings. The van der Waals surface area contributed by atoms with Gasteiger partial charge in [-0.1, -0.05) is 0 Å². The van der Waals surface area contributed by atoms with Gasteiger partial charge in [-0.2, -0.15) is 0 Å². The fraction of sp³-hybridized carbons (Fsp3) is 0.500. The summed E-state index contributed by atoms with van der Waals surface area (Å²) in [6.07, 6.45) is 1.62. The summed E-state index contributed by atoms with van der Waals surface area (Å²) in [7, 11) is 0. The van der Waals surface area contributed by atoms with E-state index in [1.807, 2.05) is 11.9 Å². The van der Waals surface area contributed by atoms with Gasteiger partial charge in [0, 0.05) is 26.0 Å². The summed E-state index contributed by atoms with van der Waals surface area (Å²) in [5.74, 6) is -1.36. The summed E-state index contributed by atoms with van der Waals surface area (Å²) < 4.78 is 6.25.